The molecular weight excluding hydrogens is 257 g/mol. The van der Waals surface area contributed by atoms with Crippen molar-refractivity contribution in [3.8, 4) is 11.1 Å². The van der Waals surface area contributed by atoms with Gasteiger partial charge in [-0.3, -0.25) is 9.48 Å². The summed E-state index contributed by atoms with van der Waals surface area (Å²) < 4.78 is 15.6. The van der Waals surface area contributed by atoms with Crippen molar-refractivity contribution in [2.45, 2.75) is 12.8 Å². The van der Waals surface area contributed by atoms with E-state index in [9.17, 15) is 9.18 Å². The molecule has 3 rings (SSSR count). The van der Waals surface area contributed by atoms with Gasteiger partial charge < -0.3 is 4.90 Å². The second-order valence-corrected chi connectivity index (χ2v) is 5.10. The summed E-state index contributed by atoms with van der Waals surface area (Å²) in [6, 6.07) is 4.52. The minimum absolute atomic E-state index is 0.0207. The predicted molar refractivity (Wildman–Crippen MR) is 73.7 cm³/mol. The van der Waals surface area contributed by atoms with Gasteiger partial charge >= 0.3 is 0 Å². The third kappa shape index (κ3) is 2.31. The highest BCUT2D eigenvalue weighted by Gasteiger charge is 2.20. The van der Waals surface area contributed by atoms with Crippen LogP contribution < -0.4 is 0 Å². The number of halogens is 1. The molecule has 0 radical (unpaired) electrons. The first kappa shape index (κ1) is 12.8. The molecule has 2 aromatic rings. The number of amides is 1. The molecule has 4 nitrogen and oxygen atoms in total. The first-order chi connectivity index (χ1) is 9.65. The summed E-state index contributed by atoms with van der Waals surface area (Å²) in [5.74, 6) is -0.358. The van der Waals surface area contributed by atoms with Crippen LogP contribution in [-0.4, -0.2) is 33.7 Å². The average molecular weight is 273 g/mol. The van der Waals surface area contributed by atoms with Crippen LogP contribution in [0.2, 0.25) is 0 Å². The highest BCUT2D eigenvalue weighted by Crippen LogP contribution is 2.24. The highest BCUT2D eigenvalue weighted by atomic mass is 19.1. The van der Waals surface area contributed by atoms with Gasteiger partial charge in [-0.1, -0.05) is 0 Å². The molecule has 2 heterocycles. The van der Waals surface area contributed by atoms with E-state index >= 15 is 0 Å². The minimum atomic E-state index is -0.337. The maximum Gasteiger partial charge on any atom is 0.253 e. The van der Waals surface area contributed by atoms with Crippen molar-refractivity contribution in [1.82, 2.24) is 14.7 Å². The van der Waals surface area contributed by atoms with E-state index in [-0.39, 0.29) is 11.7 Å². The van der Waals surface area contributed by atoms with Gasteiger partial charge in [-0.2, -0.15) is 5.10 Å². The Kier molecular flexibility index (Phi) is 3.26. The SMILES string of the molecule is Cn1cc(-c2cc(C(=O)N3CCCC3)ccc2F)cn1. The fourth-order valence-corrected chi connectivity index (χ4v) is 2.54. The molecule has 0 unspecified atom stereocenters. The number of carbonyl (C=O) groups excluding carboxylic acids is 1. The van der Waals surface area contributed by atoms with Crippen LogP contribution in [0.15, 0.2) is 30.6 Å². The zero-order chi connectivity index (χ0) is 14.1. The van der Waals surface area contributed by atoms with Gasteiger partial charge in [0, 0.05) is 43.0 Å². The van der Waals surface area contributed by atoms with Crippen molar-refractivity contribution in [2.24, 2.45) is 7.05 Å². The van der Waals surface area contributed by atoms with Crippen LogP contribution in [0.25, 0.3) is 11.1 Å². The summed E-state index contributed by atoms with van der Waals surface area (Å²) in [5, 5.41) is 4.04. The number of aromatic nitrogens is 2. The second-order valence-electron chi connectivity index (χ2n) is 5.10. The van der Waals surface area contributed by atoms with Crippen molar-refractivity contribution >= 4 is 5.91 Å². The van der Waals surface area contributed by atoms with Gasteiger partial charge in [0.1, 0.15) is 5.82 Å². The Bertz CT molecular complexity index is 644. The molecule has 1 saturated heterocycles. The Morgan fingerprint density at radius 3 is 2.70 bits per heavy atom. The summed E-state index contributed by atoms with van der Waals surface area (Å²) in [5.41, 5.74) is 1.64. The largest absolute Gasteiger partial charge is 0.339 e. The Morgan fingerprint density at radius 1 is 1.30 bits per heavy atom. The first-order valence-electron chi connectivity index (χ1n) is 6.73. The lowest BCUT2D eigenvalue weighted by Crippen LogP contribution is -2.27. The van der Waals surface area contributed by atoms with Crippen LogP contribution in [0.4, 0.5) is 4.39 Å². The zero-order valence-electron chi connectivity index (χ0n) is 11.3. The summed E-state index contributed by atoms with van der Waals surface area (Å²) >= 11 is 0. The summed E-state index contributed by atoms with van der Waals surface area (Å²) in [6.45, 7) is 1.58. The van der Waals surface area contributed by atoms with Crippen LogP contribution >= 0.6 is 0 Å². The number of hydrogen-bond acceptors (Lipinski definition) is 2. The van der Waals surface area contributed by atoms with Crippen LogP contribution in [0.3, 0.4) is 0 Å². The molecule has 0 N–H and O–H groups in total. The Hall–Kier alpha value is -2.17. The third-order valence-corrected chi connectivity index (χ3v) is 3.62. The number of aryl methyl sites for hydroxylation is 1. The maximum absolute atomic E-state index is 13.9. The molecule has 0 atom stereocenters. The van der Waals surface area contributed by atoms with Gasteiger partial charge in [0.2, 0.25) is 0 Å². The molecule has 5 heteroatoms. The van der Waals surface area contributed by atoms with Crippen molar-refractivity contribution < 1.29 is 9.18 Å². The molecule has 1 amide bonds. The highest BCUT2D eigenvalue weighted by molar-refractivity contribution is 5.95. The van der Waals surface area contributed by atoms with Gasteiger partial charge in [0.25, 0.3) is 5.91 Å². The van der Waals surface area contributed by atoms with E-state index in [1.807, 2.05) is 4.90 Å². The lowest BCUT2D eigenvalue weighted by Gasteiger charge is -2.15. The Balaban J connectivity index is 1.95. The molecule has 1 fully saturated rings. The monoisotopic (exact) mass is 273 g/mol. The van der Waals surface area contributed by atoms with E-state index in [1.54, 1.807) is 36.3 Å². The Morgan fingerprint density at radius 2 is 2.05 bits per heavy atom. The zero-order valence-corrected chi connectivity index (χ0v) is 11.3. The normalized spacial score (nSPS) is 14.8. The molecule has 1 aromatic carbocycles. The van der Waals surface area contributed by atoms with Gasteiger partial charge in [0.05, 0.1) is 6.20 Å². The standard InChI is InChI=1S/C15H16FN3O/c1-18-10-12(9-17-18)13-8-11(4-5-14(13)16)15(20)19-6-2-3-7-19/h4-5,8-10H,2-3,6-7H2,1H3. The van der Waals surface area contributed by atoms with E-state index in [2.05, 4.69) is 5.10 Å². The molecule has 0 spiro atoms. The molecule has 104 valence electrons. The number of likely N-dealkylation sites (tertiary alicyclic amines) is 1. The van der Waals surface area contributed by atoms with Crippen molar-refractivity contribution in [3.63, 3.8) is 0 Å². The van der Waals surface area contributed by atoms with Gasteiger partial charge in [-0.15, -0.1) is 0 Å². The van der Waals surface area contributed by atoms with Gasteiger partial charge in [-0.25, -0.2) is 4.39 Å². The molecule has 1 aliphatic rings. The molecule has 1 aliphatic heterocycles. The lowest BCUT2D eigenvalue weighted by atomic mass is 10.0. The van der Waals surface area contributed by atoms with Gasteiger partial charge in [-0.05, 0) is 31.0 Å². The predicted octanol–water partition coefficient (Wildman–Crippen LogP) is 2.46. The lowest BCUT2D eigenvalue weighted by molar-refractivity contribution is 0.0793. The number of benzene rings is 1. The Labute approximate surface area is 116 Å². The number of nitrogens with zero attached hydrogens (tertiary/aromatic N) is 3. The summed E-state index contributed by atoms with van der Waals surface area (Å²) in [4.78, 5) is 14.1. The number of carbonyl (C=O) groups is 1. The van der Waals surface area contributed by atoms with Crippen LogP contribution in [0, 0.1) is 5.82 Å². The first-order valence-corrected chi connectivity index (χ1v) is 6.73. The number of rotatable bonds is 2. The van der Waals surface area contributed by atoms with Crippen LogP contribution in [0.1, 0.15) is 23.2 Å². The fraction of sp³-hybridized carbons (Fsp3) is 0.333. The van der Waals surface area contributed by atoms with Crippen molar-refractivity contribution in [3.05, 3.63) is 42.0 Å². The van der Waals surface area contributed by atoms with E-state index in [0.717, 1.165) is 25.9 Å². The minimum Gasteiger partial charge on any atom is -0.339 e. The van der Waals surface area contributed by atoms with E-state index in [1.165, 1.54) is 6.07 Å². The quantitative estimate of drug-likeness (QED) is 0.843. The molecule has 0 saturated carbocycles. The van der Waals surface area contributed by atoms with E-state index in [0.29, 0.717) is 16.7 Å². The average Bonchev–Trinajstić information content (AvgIpc) is 3.09. The molecule has 1 aromatic heterocycles. The summed E-state index contributed by atoms with van der Waals surface area (Å²) in [7, 11) is 1.78. The smallest absolute Gasteiger partial charge is 0.253 e. The second kappa shape index (κ2) is 5.07. The number of hydrogen-bond donors (Lipinski definition) is 0. The van der Waals surface area contributed by atoms with Crippen LogP contribution in [-0.2, 0) is 7.05 Å². The summed E-state index contributed by atoms with van der Waals surface area (Å²) in [6.07, 6.45) is 5.43. The molecular formula is C15H16FN3O. The topological polar surface area (TPSA) is 38.1 Å². The maximum atomic E-state index is 13.9. The fourth-order valence-electron chi connectivity index (χ4n) is 2.54. The van der Waals surface area contributed by atoms with E-state index < -0.39 is 0 Å². The third-order valence-electron chi connectivity index (χ3n) is 3.62. The molecule has 20 heavy (non-hydrogen) atoms. The van der Waals surface area contributed by atoms with Crippen molar-refractivity contribution in [1.29, 1.82) is 0 Å². The van der Waals surface area contributed by atoms with Crippen molar-refractivity contribution in [2.75, 3.05) is 13.1 Å². The molecule has 0 bridgehead atoms. The molecule has 0 aliphatic carbocycles. The van der Waals surface area contributed by atoms with Gasteiger partial charge in [0.15, 0.2) is 0 Å². The van der Waals surface area contributed by atoms with E-state index in [4.69, 9.17) is 0 Å². The van der Waals surface area contributed by atoms with Crippen LogP contribution in [0.5, 0.6) is 0 Å².